The van der Waals surface area contributed by atoms with Gasteiger partial charge in [0.2, 0.25) is 0 Å². The zero-order valence-corrected chi connectivity index (χ0v) is 13.1. The number of nitrogens with one attached hydrogen (secondary N) is 1. The van der Waals surface area contributed by atoms with Gasteiger partial charge in [-0.1, -0.05) is 11.6 Å². The third-order valence-corrected chi connectivity index (χ3v) is 2.86. The molecule has 21 heavy (non-hydrogen) atoms. The van der Waals surface area contributed by atoms with Crippen molar-refractivity contribution in [3.05, 3.63) is 29.0 Å². The van der Waals surface area contributed by atoms with Crippen LogP contribution in [0, 0.1) is 0 Å². The van der Waals surface area contributed by atoms with Gasteiger partial charge < -0.3 is 20.3 Å². The number of nitrogens with zero attached hydrogens (tertiary/aromatic N) is 1. The van der Waals surface area contributed by atoms with Gasteiger partial charge in [0.05, 0.1) is 16.8 Å². The number of hydrogen-bond donors (Lipinski definition) is 3. The molecule has 1 aromatic rings. The topological polar surface area (TPSA) is 91.7 Å². The molecule has 2 atom stereocenters. The predicted molar refractivity (Wildman–Crippen MR) is 79.1 cm³/mol. The van der Waals surface area contributed by atoms with Gasteiger partial charge in [0, 0.05) is 12.7 Å². The highest BCUT2D eigenvalue weighted by molar-refractivity contribution is 6.31. The number of pyridine rings is 1. The van der Waals surface area contributed by atoms with E-state index in [4.69, 9.17) is 16.3 Å². The average Bonchev–Trinajstić information content (AvgIpc) is 2.36. The fourth-order valence-electron chi connectivity index (χ4n) is 1.59. The lowest BCUT2D eigenvalue weighted by atomic mass is 10.1. The molecule has 1 aromatic heterocycles. The molecule has 0 radical (unpaired) electrons. The van der Waals surface area contributed by atoms with Crippen LogP contribution in [-0.4, -0.2) is 39.5 Å². The van der Waals surface area contributed by atoms with Crippen molar-refractivity contribution in [1.82, 2.24) is 10.3 Å². The van der Waals surface area contributed by atoms with Crippen LogP contribution in [0.1, 0.15) is 39.0 Å². The van der Waals surface area contributed by atoms with Crippen LogP contribution in [0.5, 0.6) is 0 Å². The maximum atomic E-state index is 11.4. The van der Waals surface area contributed by atoms with E-state index in [0.29, 0.717) is 0 Å². The molecule has 0 saturated heterocycles. The van der Waals surface area contributed by atoms with E-state index < -0.39 is 23.9 Å². The van der Waals surface area contributed by atoms with Crippen LogP contribution in [0.2, 0.25) is 5.02 Å². The van der Waals surface area contributed by atoms with Crippen LogP contribution in [0.15, 0.2) is 18.3 Å². The Morgan fingerprint density at radius 2 is 2.14 bits per heavy atom. The molecule has 0 fully saturated rings. The molecule has 3 N–H and O–H groups in total. The van der Waals surface area contributed by atoms with Crippen molar-refractivity contribution < 1.29 is 19.7 Å². The number of rotatable bonds is 5. The first-order chi connectivity index (χ1) is 9.70. The second-order valence-corrected chi connectivity index (χ2v) is 6.01. The Kier molecular flexibility index (Phi) is 6.39. The van der Waals surface area contributed by atoms with Gasteiger partial charge in [0.25, 0.3) is 0 Å². The Hall–Kier alpha value is -1.37. The molecule has 0 bridgehead atoms. The van der Waals surface area contributed by atoms with E-state index in [1.807, 2.05) is 0 Å². The number of carbonyl (C=O) groups excluding carboxylic acids is 1. The summed E-state index contributed by atoms with van der Waals surface area (Å²) in [5.74, 6) is 0. The normalized spacial score (nSPS) is 14.4. The number of carbonyl (C=O) groups is 1. The first-order valence-electron chi connectivity index (χ1n) is 6.64. The SMILES string of the molecule is CC(C)(C)OC(=O)NCCC(O)C(O)c1ncccc1Cl. The molecule has 7 heteroatoms. The largest absolute Gasteiger partial charge is 0.444 e. The van der Waals surface area contributed by atoms with Crippen molar-refractivity contribution in [2.75, 3.05) is 6.54 Å². The molecule has 0 aliphatic rings. The van der Waals surface area contributed by atoms with Crippen molar-refractivity contribution in [3.63, 3.8) is 0 Å². The van der Waals surface area contributed by atoms with E-state index in [1.165, 1.54) is 6.20 Å². The minimum absolute atomic E-state index is 0.146. The van der Waals surface area contributed by atoms with E-state index in [2.05, 4.69) is 10.3 Å². The minimum Gasteiger partial charge on any atom is -0.444 e. The van der Waals surface area contributed by atoms with Crippen LogP contribution in [-0.2, 0) is 4.74 Å². The summed E-state index contributed by atoms with van der Waals surface area (Å²) in [5.41, 5.74) is -0.368. The maximum absolute atomic E-state index is 11.4. The molecular formula is C14H21ClN2O4. The monoisotopic (exact) mass is 316 g/mol. The average molecular weight is 317 g/mol. The molecule has 1 amide bonds. The zero-order chi connectivity index (χ0) is 16.0. The molecule has 0 aliphatic carbocycles. The number of aliphatic hydroxyl groups is 2. The summed E-state index contributed by atoms with van der Waals surface area (Å²) in [6.07, 6.45) is -1.24. The lowest BCUT2D eigenvalue weighted by Crippen LogP contribution is -2.34. The molecule has 0 spiro atoms. The van der Waals surface area contributed by atoms with Gasteiger partial charge in [0.1, 0.15) is 11.7 Å². The highest BCUT2D eigenvalue weighted by atomic mass is 35.5. The number of hydrogen-bond acceptors (Lipinski definition) is 5. The Bertz CT molecular complexity index is 476. The Labute approximate surface area is 129 Å². The van der Waals surface area contributed by atoms with Crippen LogP contribution in [0.4, 0.5) is 4.79 Å². The summed E-state index contributed by atoms with van der Waals surface area (Å²) in [6.45, 7) is 5.44. The second-order valence-electron chi connectivity index (χ2n) is 5.60. The van der Waals surface area contributed by atoms with Crippen LogP contribution >= 0.6 is 11.6 Å². The van der Waals surface area contributed by atoms with Crippen molar-refractivity contribution in [1.29, 1.82) is 0 Å². The number of ether oxygens (including phenoxy) is 1. The number of aliphatic hydroxyl groups excluding tert-OH is 2. The van der Waals surface area contributed by atoms with Gasteiger partial charge >= 0.3 is 6.09 Å². The smallest absolute Gasteiger partial charge is 0.407 e. The van der Waals surface area contributed by atoms with Gasteiger partial charge in [0.15, 0.2) is 0 Å². The zero-order valence-electron chi connectivity index (χ0n) is 12.3. The minimum atomic E-state index is -1.21. The standard InChI is InChI=1S/C14H21ClN2O4/c1-14(2,3)21-13(20)17-8-6-10(18)12(19)11-9(15)5-4-7-16-11/h4-5,7,10,12,18-19H,6,8H2,1-3H3,(H,17,20). The summed E-state index contributed by atoms with van der Waals surface area (Å²) in [5, 5.41) is 22.7. The third-order valence-electron chi connectivity index (χ3n) is 2.54. The number of amides is 1. The number of halogens is 1. The predicted octanol–water partition coefficient (Wildman–Crippen LogP) is 2.04. The van der Waals surface area contributed by atoms with Crippen molar-refractivity contribution >= 4 is 17.7 Å². The second kappa shape index (κ2) is 7.59. The summed E-state index contributed by atoms with van der Waals surface area (Å²) < 4.78 is 5.06. The molecule has 1 rings (SSSR count). The molecule has 0 aliphatic heterocycles. The van der Waals surface area contributed by atoms with Gasteiger partial charge in [-0.3, -0.25) is 4.98 Å². The summed E-state index contributed by atoms with van der Waals surface area (Å²) in [4.78, 5) is 15.4. The maximum Gasteiger partial charge on any atom is 0.407 e. The molecule has 1 heterocycles. The van der Waals surface area contributed by atoms with E-state index >= 15 is 0 Å². The van der Waals surface area contributed by atoms with Crippen LogP contribution < -0.4 is 5.32 Å². The van der Waals surface area contributed by atoms with Gasteiger partial charge in [-0.05, 0) is 39.3 Å². The molecule has 0 aromatic carbocycles. The van der Waals surface area contributed by atoms with Crippen molar-refractivity contribution in [3.8, 4) is 0 Å². The van der Waals surface area contributed by atoms with E-state index in [9.17, 15) is 15.0 Å². The fraction of sp³-hybridized carbons (Fsp3) is 0.571. The van der Waals surface area contributed by atoms with E-state index in [-0.39, 0.29) is 23.7 Å². The first kappa shape index (κ1) is 17.7. The summed E-state index contributed by atoms with van der Waals surface area (Å²) in [7, 11) is 0. The molecule has 118 valence electrons. The molecule has 2 unspecified atom stereocenters. The van der Waals surface area contributed by atoms with Crippen molar-refractivity contribution in [2.45, 2.75) is 45.0 Å². The Balaban J connectivity index is 2.42. The fourth-order valence-corrected chi connectivity index (χ4v) is 1.83. The van der Waals surface area contributed by atoms with Crippen LogP contribution in [0.25, 0.3) is 0 Å². The van der Waals surface area contributed by atoms with Gasteiger partial charge in [-0.25, -0.2) is 4.79 Å². The number of alkyl carbamates (subject to hydrolysis) is 1. The van der Waals surface area contributed by atoms with E-state index in [1.54, 1.807) is 32.9 Å². The molecule has 0 saturated carbocycles. The highest BCUT2D eigenvalue weighted by Crippen LogP contribution is 2.23. The quantitative estimate of drug-likeness (QED) is 0.773. The lowest BCUT2D eigenvalue weighted by Gasteiger charge is -2.21. The Morgan fingerprint density at radius 1 is 1.48 bits per heavy atom. The highest BCUT2D eigenvalue weighted by Gasteiger charge is 2.22. The molecular weight excluding hydrogens is 296 g/mol. The third kappa shape index (κ3) is 6.29. The lowest BCUT2D eigenvalue weighted by molar-refractivity contribution is 0.00999. The Morgan fingerprint density at radius 3 is 2.71 bits per heavy atom. The summed E-state index contributed by atoms with van der Waals surface area (Å²) in [6, 6.07) is 3.22. The van der Waals surface area contributed by atoms with Crippen molar-refractivity contribution in [2.24, 2.45) is 0 Å². The van der Waals surface area contributed by atoms with E-state index in [0.717, 1.165) is 0 Å². The summed E-state index contributed by atoms with van der Waals surface area (Å²) >= 11 is 5.90. The van der Waals surface area contributed by atoms with Gasteiger partial charge in [-0.15, -0.1) is 0 Å². The first-order valence-corrected chi connectivity index (χ1v) is 7.02. The van der Waals surface area contributed by atoms with Crippen LogP contribution in [0.3, 0.4) is 0 Å². The number of aromatic nitrogens is 1. The van der Waals surface area contributed by atoms with Gasteiger partial charge in [-0.2, -0.15) is 0 Å². The molecule has 6 nitrogen and oxygen atoms in total.